The van der Waals surface area contributed by atoms with Gasteiger partial charge in [-0.2, -0.15) is 0 Å². The topological polar surface area (TPSA) is 92.4 Å². The van der Waals surface area contributed by atoms with E-state index in [1.807, 2.05) is 22.6 Å². The van der Waals surface area contributed by atoms with E-state index in [0.717, 1.165) is 6.07 Å². The molecular formula is C14H10FIN2O3. The molecule has 0 aromatic heterocycles. The molecule has 2 aromatic carbocycles. The molecule has 4 N–H and O–H groups in total. The van der Waals surface area contributed by atoms with Crippen molar-refractivity contribution in [2.75, 3.05) is 11.1 Å². The van der Waals surface area contributed by atoms with Gasteiger partial charge in [-0.25, -0.2) is 9.18 Å². The molecule has 0 aliphatic carbocycles. The predicted octanol–water partition coefficient (Wildman–Crippen LogP) is 2.96. The van der Waals surface area contributed by atoms with Crippen molar-refractivity contribution < 1.29 is 19.1 Å². The molecule has 0 heterocycles. The molecule has 2 rings (SSSR count). The second-order valence-corrected chi connectivity index (χ2v) is 5.35. The lowest BCUT2D eigenvalue weighted by Gasteiger charge is -2.10. The van der Waals surface area contributed by atoms with Gasteiger partial charge in [0.05, 0.1) is 16.8 Å². The molecule has 108 valence electrons. The van der Waals surface area contributed by atoms with Gasteiger partial charge in [-0.05, 0) is 59.0 Å². The SMILES string of the molecule is Nc1ccc(NC(=O)c2ccc(F)cc2I)c(C(=O)O)c1. The summed E-state index contributed by atoms with van der Waals surface area (Å²) >= 11 is 1.83. The normalized spacial score (nSPS) is 10.2. The third-order valence-electron chi connectivity index (χ3n) is 2.70. The van der Waals surface area contributed by atoms with Gasteiger partial charge in [0.1, 0.15) is 5.82 Å². The summed E-state index contributed by atoms with van der Waals surface area (Å²) in [6.45, 7) is 0. The molecule has 0 aliphatic rings. The molecule has 0 unspecified atom stereocenters. The third-order valence-corrected chi connectivity index (χ3v) is 3.59. The van der Waals surface area contributed by atoms with Gasteiger partial charge in [0.15, 0.2) is 0 Å². The van der Waals surface area contributed by atoms with Crippen molar-refractivity contribution in [3.8, 4) is 0 Å². The van der Waals surface area contributed by atoms with Gasteiger partial charge in [0.25, 0.3) is 5.91 Å². The molecule has 0 spiro atoms. The molecule has 1 amide bonds. The zero-order chi connectivity index (χ0) is 15.6. The van der Waals surface area contributed by atoms with Crippen LogP contribution in [0.1, 0.15) is 20.7 Å². The number of amides is 1. The summed E-state index contributed by atoms with van der Waals surface area (Å²) < 4.78 is 13.5. The first-order valence-corrected chi connectivity index (χ1v) is 6.85. The average molecular weight is 400 g/mol. The van der Waals surface area contributed by atoms with Crippen LogP contribution in [0.4, 0.5) is 15.8 Å². The number of carbonyl (C=O) groups excluding carboxylic acids is 1. The molecule has 5 nitrogen and oxygen atoms in total. The van der Waals surface area contributed by atoms with Crippen LogP contribution in [0, 0.1) is 9.39 Å². The number of nitrogen functional groups attached to an aromatic ring is 1. The number of halogens is 2. The van der Waals surface area contributed by atoms with Crippen molar-refractivity contribution in [1.29, 1.82) is 0 Å². The molecule has 0 saturated heterocycles. The number of nitrogens with one attached hydrogen (secondary N) is 1. The first-order chi connectivity index (χ1) is 9.88. The monoisotopic (exact) mass is 400 g/mol. The molecule has 0 fully saturated rings. The van der Waals surface area contributed by atoms with Crippen molar-refractivity contribution in [1.82, 2.24) is 0 Å². The van der Waals surface area contributed by atoms with Crippen LogP contribution in [0.5, 0.6) is 0 Å². The van der Waals surface area contributed by atoms with Crippen LogP contribution in [0.3, 0.4) is 0 Å². The Morgan fingerprint density at radius 2 is 1.86 bits per heavy atom. The zero-order valence-electron chi connectivity index (χ0n) is 10.6. The van der Waals surface area contributed by atoms with Crippen LogP contribution in [-0.4, -0.2) is 17.0 Å². The lowest BCUT2D eigenvalue weighted by Crippen LogP contribution is -2.16. The van der Waals surface area contributed by atoms with Gasteiger partial charge in [0.2, 0.25) is 0 Å². The van der Waals surface area contributed by atoms with E-state index in [9.17, 15) is 14.0 Å². The van der Waals surface area contributed by atoms with Gasteiger partial charge < -0.3 is 16.2 Å². The second kappa shape index (κ2) is 6.08. The Morgan fingerprint density at radius 1 is 1.14 bits per heavy atom. The number of nitrogens with two attached hydrogens (primary N) is 1. The van der Waals surface area contributed by atoms with Crippen molar-refractivity contribution in [2.24, 2.45) is 0 Å². The smallest absolute Gasteiger partial charge is 0.337 e. The fourth-order valence-electron chi connectivity index (χ4n) is 1.71. The van der Waals surface area contributed by atoms with Gasteiger partial charge in [0, 0.05) is 9.26 Å². The van der Waals surface area contributed by atoms with Crippen LogP contribution in [-0.2, 0) is 0 Å². The van der Waals surface area contributed by atoms with E-state index in [0.29, 0.717) is 3.57 Å². The van der Waals surface area contributed by atoms with Crippen LogP contribution >= 0.6 is 22.6 Å². The maximum Gasteiger partial charge on any atom is 0.337 e. The third kappa shape index (κ3) is 3.48. The maximum absolute atomic E-state index is 13.0. The summed E-state index contributed by atoms with van der Waals surface area (Å²) in [5.41, 5.74) is 6.08. The van der Waals surface area contributed by atoms with Gasteiger partial charge >= 0.3 is 5.97 Å². The minimum absolute atomic E-state index is 0.111. The van der Waals surface area contributed by atoms with Crippen molar-refractivity contribution in [3.63, 3.8) is 0 Å². The Morgan fingerprint density at radius 3 is 2.48 bits per heavy atom. The highest BCUT2D eigenvalue weighted by Crippen LogP contribution is 2.21. The number of carboxylic acids is 1. The number of benzene rings is 2. The van der Waals surface area contributed by atoms with E-state index in [2.05, 4.69) is 5.32 Å². The van der Waals surface area contributed by atoms with E-state index in [4.69, 9.17) is 10.8 Å². The molecule has 0 atom stereocenters. The van der Waals surface area contributed by atoms with E-state index in [1.54, 1.807) is 0 Å². The predicted molar refractivity (Wildman–Crippen MR) is 84.9 cm³/mol. The first kappa shape index (κ1) is 15.2. The summed E-state index contributed by atoms with van der Waals surface area (Å²) in [5.74, 6) is -2.17. The van der Waals surface area contributed by atoms with E-state index in [1.165, 1.54) is 30.3 Å². The Labute approximate surface area is 133 Å². The summed E-state index contributed by atoms with van der Waals surface area (Å²) in [6.07, 6.45) is 0. The summed E-state index contributed by atoms with van der Waals surface area (Å²) in [4.78, 5) is 23.3. The van der Waals surface area contributed by atoms with Gasteiger partial charge in [-0.3, -0.25) is 4.79 Å². The first-order valence-electron chi connectivity index (χ1n) is 5.77. The number of carbonyl (C=O) groups is 2. The molecule has 0 bridgehead atoms. The quantitative estimate of drug-likeness (QED) is 0.546. The average Bonchev–Trinajstić information content (AvgIpc) is 2.40. The number of rotatable bonds is 3. The summed E-state index contributed by atoms with van der Waals surface area (Å²) in [5, 5.41) is 11.6. The Balaban J connectivity index is 2.34. The van der Waals surface area contributed by atoms with Crippen molar-refractivity contribution in [2.45, 2.75) is 0 Å². The van der Waals surface area contributed by atoms with E-state index < -0.39 is 17.7 Å². The number of carboxylic acid groups (broad SMARTS) is 1. The molecule has 0 aliphatic heterocycles. The molecule has 2 aromatic rings. The van der Waals surface area contributed by atoms with Crippen LogP contribution in [0.2, 0.25) is 0 Å². The minimum atomic E-state index is -1.20. The fourth-order valence-corrected chi connectivity index (χ4v) is 2.43. The second-order valence-electron chi connectivity index (χ2n) is 4.19. The maximum atomic E-state index is 13.0. The highest BCUT2D eigenvalue weighted by atomic mass is 127. The highest BCUT2D eigenvalue weighted by molar-refractivity contribution is 14.1. The lowest BCUT2D eigenvalue weighted by atomic mass is 10.1. The number of anilines is 2. The Bertz CT molecular complexity index is 734. The highest BCUT2D eigenvalue weighted by Gasteiger charge is 2.16. The number of hydrogen-bond donors (Lipinski definition) is 3. The van der Waals surface area contributed by atoms with E-state index >= 15 is 0 Å². The largest absolute Gasteiger partial charge is 0.478 e. The van der Waals surface area contributed by atoms with Crippen molar-refractivity contribution in [3.05, 3.63) is 56.9 Å². The molecule has 7 heteroatoms. The zero-order valence-corrected chi connectivity index (χ0v) is 12.7. The molecule has 0 radical (unpaired) electrons. The fraction of sp³-hybridized carbons (Fsp3) is 0. The van der Waals surface area contributed by atoms with Crippen LogP contribution in [0.15, 0.2) is 36.4 Å². The summed E-state index contributed by atoms with van der Waals surface area (Å²) in [6, 6.07) is 7.87. The molecule has 21 heavy (non-hydrogen) atoms. The van der Waals surface area contributed by atoms with Crippen LogP contribution in [0.25, 0.3) is 0 Å². The van der Waals surface area contributed by atoms with E-state index in [-0.39, 0.29) is 22.5 Å². The Kier molecular flexibility index (Phi) is 4.41. The van der Waals surface area contributed by atoms with Crippen LogP contribution < -0.4 is 11.1 Å². The number of aromatic carboxylic acids is 1. The standard InChI is InChI=1S/C14H10FIN2O3/c15-7-1-3-9(11(16)5-7)13(19)18-12-4-2-8(17)6-10(12)14(20)21/h1-6H,17H2,(H,18,19)(H,20,21). The number of hydrogen-bond acceptors (Lipinski definition) is 3. The minimum Gasteiger partial charge on any atom is -0.478 e. The van der Waals surface area contributed by atoms with Gasteiger partial charge in [-0.15, -0.1) is 0 Å². The Hall–Kier alpha value is -2.16. The van der Waals surface area contributed by atoms with Crippen molar-refractivity contribution >= 4 is 45.8 Å². The summed E-state index contributed by atoms with van der Waals surface area (Å²) in [7, 11) is 0. The molecule has 0 saturated carbocycles. The molecular weight excluding hydrogens is 390 g/mol. The van der Waals surface area contributed by atoms with Gasteiger partial charge in [-0.1, -0.05) is 0 Å². The lowest BCUT2D eigenvalue weighted by molar-refractivity contribution is 0.0698.